The van der Waals surface area contributed by atoms with Gasteiger partial charge in [0, 0.05) is 18.0 Å². The third-order valence-electron chi connectivity index (χ3n) is 3.40. The lowest BCUT2D eigenvalue weighted by Gasteiger charge is -2.15. The van der Waals surface area contributed by atoms with Crippen LogP contribution >= 0.6 is 0 Å². The highest BCUT2D eigenvalue weighted by Crippen LogP contribution is 2.16. The van der Waals surface area contributed by atoms with Gasteiger partial charge in [-0.15, -0.1) is 0 Å². The number of sulfone groups is 1. The Labute approximate surface area is 126 Å². The molecule has 0 fully saturated rings. The SMILES string of the molecule is CC(CCc1ccccc1)Nc1ccc(S(C)(=O)=O)cc1. The van der Waals surface area contributed by atoms with Crippen molar-refractivity contribution in [2.45, 2.75) is 30.7 Å². The maximum atomic E-state index is 11.4. The van der Waals surface area contributed by atoms with Crippen LogP contribution in [0.4, 0.5) is 5.69 Å². The van der Waals surface area contributed by atoms with Crippen molar-refractivity contribution >= 4 is 15.5 Å². The lowest BCUT2D eigenvalue weighted by atomic mass is 10.1. The van der Waals surface area contributed by atoms with Crippen molar-refractivity contribution in [3.8, 4) is 0 Å². The molecule has 2 aromatic rings. The van der Waals surface area contributed by atoms with Gasteiger partial charge in [-0.25, -0.2) is 8.42 Å². The van der Waals surface area contributed by atoms with E-state index < -0.39 is 9.84 Å². The molecule has 0 spiro atoms. The topological polar surface area (TPSA) is 46.2 Å². The molecule has 1 unspecified atom stereocenters. The molecule has 1 N–H and O–H groups in total. The number of benzene rings is 2. The van der Waals surface area contributed by atoms with E-state index in [0.29, 0.717) is 10.9 Å². The summed E-state index contributed by atoms with van der Waals surface area (Å²) >= 11 is 0. The number of anilines is 1. The van der Waals surface area contributed by atoms with Crippen LogP contribution in [0, 0.1) is 0 Å². The number of hydrogen-bond donors (Lipinski definition) is 1. The predicted molar refractivity (Wildman–Crippen MR) is 87.4 cm³/mol. The Bertz CT molecular complexity index is 664. The van der Waals surface area contributed by atoms with Crippen LogP contribution in [0.2, 0.25) is 0 Å². The lowest BCUT2D eigenvalue weighted by Crippen LogP contribution is -2.16. The van der Waals surface area contributed by atoms with Crippen molar-refractivity contribution in [2.24, 2.45) is 0 Å². The fraction of sp³-hybridized carbons (Fsp3) is 0.294. The van der Waals surface area contributed by atoms with Gasteiger partial charge in [-0.1, -0.05) is 30.3 Å². The van der Waals surface area contributed by atoms with Gasteiger partial charge >= 0.3 is 0 Å². The van der Waals surface area contributed by atoms with Crippen molar-refractivity contribution in [2.75, 3.05) is 11.6 Å². The first-order valence-corrected chi connectivity index (χ1v) is 8.95. The van der Waals surface area contributed by atoms with E-state index in [1.54, 1.807) is 12.1 Å². The van der Waals surface area contributed by atoms with E-state index in [-0.39, 0.29) is 0 Å². The number of hydrogen-bond acceptors (Lipinski definition) is 3. The molecule has 0 radical (unpaired) electrons. The van der Waals surface area contributed by atoms with E-state index >= 15 is 0 Å². The first-order chi connectivity index (χ1) is 9.95. The second-order valence-electron chi connectivity index (χ2n) is 5.37. The predicted octanol–water partition coefficient (Wildman–Crippen LogP) is 3.52. The zero-order chi connectivity index (χ0) is 15.3. The van der Waals surface area contributed by atoms with Gasteiger partial charge < -0.3 is 5.32 Å². The Morgan fingerprint density at radius 2 is 1.62 bits per heavy atom. The fourth-order valence-corrected chi connectivity index (χ4v) is 2.81. The molecule has 0 amide bonds. The minimum Gasteiger partial charge on any atom is -0.383 e. The van der Waals surface area contributed by atoms with E-state index in [9.17, 15) is 8.42 Å². The van der Waals surface area contributed by atoms with Gasteiger partial charge in [0.15, 0.2) is 9.84 Å². The molecule has 0 aliphatic heterocycles. The molecule has 0 aromatic heterocycles. The minimum atomic E-state index is -3.12. The first-order valence-electron chi connectivity index (χ1n) is 7.06. The molecule has 4 heteroatoms. The summed E-state index contributed by atoms with van der Waals surface area (Å²) in [6, 6.07) is 17.6. The summed E-state index contributed by atoms with van der Waals surface area (Å²) < 4.78 is 22.8. The molecule has 2 rings (SSSR count). The third-order valence-corrected chi connectivity index (χ3v) is 4.53. The van der Waals surface area contributed by atoms with Gasteiger partial charge in [-0.05, 0) is 49.6 Å². The Morgan fingerprint density at radius 1 is 1.00 bits per heavy atom. The quantitative estimate of drug-likeness (QED) is 0.888. The Morgan fingerprint density at radius 3 is 2.19 bits per heavy atom. The summed E-state index contributed by atoms with van der Waals surface area (Å²) in [6.45, 7) is 2.13. The van der Waals surface area contributed by atoms with Crippen molar-refractivity contribution in [3.05, 3.63) is 60.2 Å². The van der Waals surface area contributed by atoms with Crippen LogP contribution in [0.15, 0.2) is 59.5 Å². The van der Waals surface area contributed by atoms with E-state index in [1.165, 1.54) is 11.8 Å². The van der Waals surface area contributed by atoms with E-state index in [4.69, 9.17) is 0 Å². The second-order valence-corrected chi connectivity index (χ2v) is 7.38. The molecule has 0 aliphatic rings. The normalized spacial score (nSPS) is 12.9. The van der Waals surface area contributed by atoms with Gasteiger partial charge in [0.1, 0.15) is 0 Å². The molecule has 0 heterocycles. The number of nitrogens with one attached hydrogen (secondary N) is 1. The van der Waals surface area contributed by atoms with Crippen LogP contribution < -0.4 is 5.32 Å². The van der Waals surface area contributed by atoms with Crippen LogP contribution in [-0.4, -0.2) is 20.7 Å². The highest BCUT2D eigenvalue weighted by molar-refractivity contribution is 7.90. The average molecular weight is 303 g/mol. The van der Waals surface area contributed by atoms with Crippen LogP contribution in [0.3, 0.4) is 0 Å². The Kier molecular flexibility index (Phi) is 5.02. The van der Waals surface area contributed by atoms with Gasteiger partial charge in [-0.3, -0.25) is 0 Å². The molecule has 3 nitrogen and oxygen atoms in total. The zero-order valence-electron chi connectivity index (χ0n) is 12.4. The Balaban J connectivity index is 1.89. The smallest absolute Gasteiger partial charge is 0.175 e. The summed E-state index contributed by atoms with van der Waals surface area (Å²) in [6.07, 6.45) is 3.27. The summed E-state index contributed by atoms with van der Waals surface area (Å²) in [5, 5.41) is 3.40. The summed E-state index contributed by atoms with van der Waals surface area (Å²) in [4.78, 5) is 0.352. The molecule has 0 saturated carbocycles. The molecule has 2 aromatic carbocycles. The maximum Gasteiger partial charge on any atom is 0.175 e. The number of aryl methyl sites for hydroxylation is 1. The van der Waals surface area contributed by atoms with Crippen LogP contribution in [0.5, 0.6) is 0 Å². The van der Waals surface area contributed by atoms with Gasteiger partial charge in [-0.2, -0.15) is 0 Å². The Hall–Kier alpha value is -1.81. The van der Waals surface area contributed by atoms with Crippen LogP contribution in [0.1, 0.15) is 18.9 Å². The average Bonchev–Trinajstić information content (AvgIpc) is 2.46. The molecular formula is C17H21NO2S. The van der Waals surface area contributed by atoms with Crippen LogP contribution in [-0.2, 0) is 16.3 Å². The summed E-state index contributed by atoms with van der Waals surface area (Å²) in [5.41, 5.74) is 2.28. The molecule has 112 valence electrons. The third kappa shape index (κ3) is 4.90. The lowest BCUT2D eigenvalue weighted by molar-refractivity contribution is 0.602. The molecular weight excluding hydrogens is 282 g/mol. The summed E-state index contributed by atoms with van der Waals surface area (Å²) in [5.74, 6) is 0. The monoisotopic (exact) mass is 303 g/mol. The van der Waals surface area contributed by atoms with Crippen molar-refractivity contribution in [3.63, 3.8) is 0 Å². The maximum absolute atomic E-state index is 11.4. The standard InChI is InChI=1S/C17H21NO2S/c1-14(8-9-15-6-4-3-5-7-15)18-16-10-12-17(13-11-16)21(2,19)20/h3-7,10-14,18H,8-9H2,1-2H3. The first kappa shape index (κ1) is 15.6. The molecule has 0 aliphatic carbocycles. The minimum absolute atomic E-state index is 0.328. The molecule has 0 saturated heterocycles. The fourth-order valence-electron chi connectivity index (χ4n) is 2.18. The number of rotatable bonds is 6. The highest BCUT2D eigenvalue weighted by Gasteiger charge is 2.07. The van der Waals surface area contributed by atoms with E-state index in [2.05, 4.69) is 36.5 Å². The largest absolute Gasteiger partial charge is 0.383 e. The van der Waals surface area contributed by atoms with E-state index in [0.717, 1.165) is 18.5 Å². The zero-order valence-corrected chi connectivity index (χ0v) is 13.2. The van der Waals surface area contributed by atoms with Gasteiger partial charge in [0.2, 0.25) is 0 Å². The van der Waals surface area contributed by atoms with Gasteiger partial charge in [0.05, 0.1) is 4.90 Å². The summed E-state index contributed by atoms with van der Waals surface area (Å²) in [7, 11) is -3.12. The van der Waals surface area contributed by atoms with Gasteiger partial charge in [0.25, 0.3) is 0 Å². The van der Waals surface area contributed by atoms with E-state index in [1.807, 2.05) is 18.2 Å². The molecule has 1 atom stereocenters. The van der Waals surface area contributed by atoms with Crippen molar-refractivity contribution in [1.82, 2.24) is 0 Å². The molecule has 21 heavy (non-hydrogen) atoms. The second kappa shape index (κ2) is 6.76. The van der Waals surface area contributed by atoms with Crippen molar-refractivity contribution in [1.29, 1.82) is 0 Å². The van der Waals surface area contributed by atoms with Crippen molar-refractivity contribution < 1.29 is 8.42 Å². The molecule has 0 bridgehead atoms. The van der Waals surface area contributed by atoms with Crippen LogP contribution in [0.25, 0.3) is 0 Å². The highest BCUT2D eigenvalue weighted by atomic mass is 32.2.